The maximum absolute atomic E-state index is 12.7. The van der Waals surface area contributed by atoms with Gasteiger partial charge in [-0.15, -0.1) is 0 Å². The summed E-state index contributed by atoms with van der Waals surface area (Å²) in [4.78, 5) is 25.0. The van der Waals surface area contributed by atoms with Crippen LogP contribution in [0.4, 0.5) is 5.69 Å². The van der Waals surface area contributed by atoms with Gasteiger partial charge in [-0.05, 0) is 55.3 Å². The molecular formula is C27H30N2O6. The third kappa shape index (κ3) is 6.89. The summed E-state index contributed by atoms with van der Waals surface area (Å²) < 4.78 is 21.6. The summed E-state index contributed by atoms with van der Waals surface area (Å²) in [5.41, 5.74) is 3.12. The molecule has 0 aliphatic rings. The molecule has 2 N–H and O–H groups in total. The van der Waals surface area contributed by atoms with Gasteiger partial charge in [0.1, 0.15) is 11.5 Å². The van der Waals surface area contributed by atoms with E-state index in [1.54, 1.807) is 43.5 Å². The molecule has 0 fully saturated rings. The Morgan fingerprint density at radius 1 is 0.800 bits per heavy atom. The van der Waals surface area contributed by atoms with Gasteiger partial charge in [0, 0.05) is 12.1 Å². The fourth-order valence-corrected chi connectivity index (χ4v) is 3.52. The van der Waals surface area contributed by atoms with Gasteiger partial charge in [-0.1, -0.05) is 29.8 Å². The normalized spacial score (nSPS) is 10.3. The van der Waals surface area contributed by atoms with Gasteiger partial charge in [0.15, 0.2) is 18.1 Å². The van der Waals surface area contributed by atoms with Gasteiger partial charge in [-0.25, -0.2) is 0 Å². The van der Waals surface area contributed by atoms with Crippen LogP contribution in [0.3, 0.4) is 0 Å². The van der Waals surface area contributed by atoms with E-state index in [1.807, 2.05) is 31.2 Å². The summed E-state index contributed by atoms with van der Waals surface area (Å²) in [6.07, 6.45) is 0.635. The monoisotopic (exact) mass is 478 g/mol. The lowest BCUT2D eigenvalue weighted by Gasteiger charge is -2.14. The molecule has 0 bridgehead atoms. The fraction of sp³-hybridized carbons (Fsp3) is 0.259. The van der Waals surface area contributed by atoms with E-state index in [2.05, 4.69) is 10.6 Å². The number of rotatable bonds is 11. The van der Waals surface area contributed by atoms with Crippen LogP contribution >= 0.6 is 0 Å². The Morgan fingerprint density at radius 2 is 1.51 bits per heavy atom. The van der Waals surface area contributed by atoms with E-state index in [0.717, 1.165) is 16.9 Å². The second-order valence-corrected chi connectivity index (χ2v) is 7.72. The number of carbonyl (C=O) groups excluding carboxylic acids is 2. The first kappa shape index (κ1) is 25.4. The van der Waals surface area contributed by atoms with Crippen molar-refractivity contribution in [3.63, 3.8) is 0 Å². The van der Waals surface area contributed by atoms with E-state index in [0.29, 0.717) is 41.5 Å². The lowest BCUT2D eigenvalue weighted by atomic mass is 10.1. The molecule has 0 heterocycles. The van der Waals surface area contributed by atoms with Gasteiger partial charge < -0.3 is 29.6 Å². The minimum Gasteiger partial charge on any atom is -0.496 e. The van der Waals surface area contributed by atoms with E-state index < -0.39 is 0 Å². The highest BCUT2D eigenvalue weighted by Gasteiger charge is 2.14. The number of methoxy groups -OCH3 is 3. The topological polar surface area (TPSA) is 95.1 Å². The third-order valence-corrected chi connectivity index (χ3v) is 5.28. The lowest BCUT2D eigenvalue weighted by molar-refractivity contribution is -0.118. The van der Waals surface area contributed by atoms with Crippen molar-refractivity contribution in [2.45, 2.75) is 13.3 Å². The van der Waals surface area contributed by atoms with Gasteiger partial charge in [0.2, 0.25) is 0 Å². The SMILES string of the molecule is COc1ccc(C)cc1CCNC(=O)c1ccc(OCC(=O)Nc2ccccc2OC)c(OC)c1. The molecule has 3 aromatic carbocycles. The average molecular weight is 479 g/mol. The molecule has 0 saturated heterocycles. The molecule has 0 spiro atoms. The van der Waals surface area contributed by atoms with Crippen molar-refractivity contribution < 1.29 is 28.5 Å². The smallest absolute Gasteiger partial charge is 0.262 e. The number of ether oxygens (including phenoxy) is 4. The fourth-order valence-electron chi connectivity index (χ4n) is 3.52. The summed E-state index contributed by atoms with van der Waals surface area (Å²) in [5.74, 6) is 1.45. The number of para-hydroxylation sites is 2. The molecule has 35 heavy (non-hydrogen) atoms. The Balaban J connectivity index is 1.57. The predicted octanol–water partition coefficient (Wildman–Crippen LogP) is 4.01. The van der Waals surface area contributed by atoms with E-state index in [-0.39, 0.29) is 18.4 Å². The zero-order valence-corrected chi connectivity index (χ0v) is 20.3. The number of benzene rings is 3. The van der Waals surface area contributed by atoms with Crippen LogP contribution in [-0.2, 0) is 11.2 Å². The number of hydrogen-bond donors (Lipinski definition) is 2. The quantitative estimate of drug-likeness (QED) is 0.432. The Bertz CT molecular complexity index is 1180. The molecule has 3 rings (SSSR count). The minimum absolute atomic E-state index is 0.238. The molecule has 0 unspecified atom stereocenters. The maximum Gasteiger partial charge on any atom is 0.262 e. The number of anilines is 1. The van der Waals surface area contributed by atoms with Gasteiger partial charge in [0.25, 0.3) is 11.8 Å². The van der Waals surface area contributed by atoms with Crippen molar-refractivity contribution in [3.05, 3.63) is 77.4 Å². The van der Waals surface area contributed by atoms with Gasteiger partial charge in [0.05, 0.1) is 27.0 Å². The molecule has 0 atom stereocenters. The number of carbonyl (C=O) groups is 2. The van der Waals surface area contributed by atoms with E-state index in [4.69, 9.17) is 18.9 Å². The Labute approximate surface area is 205 Å². The summed E-state index contributed by atoms with van der Waals surface area (Å²) >= 11 is 0. The minimum atomic E-state index is -0.357. The molecule has 8 heteroatoms. The largest absolute Gasteiger partial charge is 0.496 e. The molecule has 0 aliphatic carbocycles. The van der Waals surface area contributed by atoms with Crippen LogP contribution < -0.4 is 29.6 Å². The Morgan fingerprint density at radius 3 is 2.26 bits per heavy atom. The zero-order chi connectivity index (χ0) is 25.2. The van der Waals surface area contributed by atoms with Crippen LogP contribution in [0.15, 0.2) is 60.7 Å². The van der Waals surface area contributed by atoms with Gasteiger partial charge in [-0.2, -0.15) is 0 Å². The van der Waals surface area contributed by atoms with Crippen LogP contribution in [0.1, 0.15) is 21.5 Å². The second kappa shape index (κ2) is 12.3. The Hall–Kier alpha value is -4.20. The Kier molecular flexibility index (Phi) is 8.95. The molecule has 0 radical (unpaired) electrons. The highest BCUT2D eigenvalue weighted by Crippen LogP contribution is 2.28. The van der Waals surface area contributed by atoms with Crippen LogP contribution in [0.5, 0.6) is 23.0 Å². The summed E-state index contributed by atoms with van der Waals surface area (Å²) in [6, 6.07) is 17.9. The van der Waals surface area contributed by atoms with E-state index in [9.17, 15) is 9.59 Å². The predicted molar refractivity (Wildman–Crippen MR) is 134 cm³/mol. The summed E-state index contributed by atoms with van der Waals surface area (Å²) in [6.45, 7) is 2.22. The average Bonchev–Trinajstić information content (AvgIpc) is 2.87. The summed E-state index contributed by atoms with van der Waals surface area (Å²) in [5, 5.41) is 5.65. The highest BCUT2D eigenvalue weighted by atomic mass is 16.5. The van der Waals surface area contributed by atoms with Crippen LogP contribution in [0.2, 0.25) is 0 Å². The summed E-state index contributed by atoms with van der Waals surface area (Å²) in [7, 11) is 4.64. The molecule has 0 aromatic heterocycles. The lowest BCUT2D eigenvalue weighted by Crippen LogP contribution is -2.26. The van der Waals surface area contributed by atoms with Crippen LogP contribution in [0, 0.1) is 6.92 Å². The van der Waals surface area contributed by atoms with Gasteiger partial charge >= 0.3 is 0 Å². The number of amides is 2. The number of aryl methyl sites for hydroxylation is 1. The third-order valence-electron chi connectivity index (χ3n) is 5.28. The second-order valence-electron chi connectivity index (χ2n) is 7.72. The zero-order valence-electron chi connectivity index (χ0n) is 20.3. The number of hydrogen-bond acceptors (Lipinski definition) is 6. The van der Waals surface area contributed by atoms with Crippen LogP contribution in [-0.4, -0.2) is 46.3 Å². The molecular weight excluding hydrogens is 448 g/mol. The molecule has 2 amide bonds. The first-order valence-corrected chi connectivity index (χ1v) is 11.1. The molecule has 0 aliphatic heterocycles. The molecule has 0 saturated carbocycles. The molecule has 8 nitrogen and oxygen atoms in total. The van der Waals surface area contributed by atoms with Crippen molar-refractivity contribution in [3.8, 4) is 23.0 Å². The first-order chi connectivity index (χ1) is 16.9. The van der Waals surface area contributed by atoms with E-state index >= 15 is 0 Å². The van der Waals surface area contributed by atoms with Crippen molar-refractivity contribution >= 4 is 17.5 Å². The van der Waals surface area contributed by atoms with Crippen molar-refractivity contribution in [1.82, 2.24) is 5.32 Å². The van der Waals surface area contributed by atoms with Crippen molar-refractivity contribution in [2.24, 2.45) is 0 Å². The van der Waals surface area contributed by atoms with E-state index in [1.165, 1.54) is 14.2 Å². The van der Waals surface area contributed by atoms with Crippen molar-refractivity contribution in [1.29, 1.82) is 0 Å². The van der Waals surface area contributed by atoms with Crippen LogP contribution in [0.25, 0.3) is 0 Å². The standard InChI is InChI=1S/C27H30N2O6/c1-18-9-11-22(32-2)19(15-18)13-14-28-27(31)20-10-12-24(25(16-20)34-4)35-17-26(30)29-21-7-5-6-8-23(21)33-3/h5-12,15-16H,13-14,17H2,1-4H3,(H,28,31)(H,29,30). The highest BCUT2D eigenvalue weighted by molar-refractivity contribution is 5.95. The number of nitrogens with one attached hydrogen (secondary N) is 2. The van der Waals surface area contributed by atoms with Gasteiger partial charge in [-0.3, -0.25) is 9.59 Å². The molecule has 3 aromatic rings. The molecule has 184 valence electrons. The first-order valence-electron chi connectivity index (χ1n) is 11.1. The maximum atomic E-state index is 12.7. The van der Waals surface area contributed by atoms with Crippen molar-refractivity contribution in [2.75, 3.05) is 39.8 Å².